The number of dihydropyridines is 1. The van der Waals surface area contributed by atoms with Gasteiger partial charge in [-0.2, -0.15) is 5.26 Å². The van der Waals surface area contributed by atoms with Crippen molar-refractivity contribution in [3.8, 4) is 6.07 Å². The molecule has 0 spiro atoms. The molecule has 1 aromatic rings. The van der Waals surface area contributed by atoms with E-state index in [0.717, 1.165) is 37.2 Å². The molecule has 1 amide bonds. The summed E-state index contributed by atoms with van der Waals surface area (Å²) in [7, 11) is 0. The first-order valence-electron chi connectivity index (χ1n) is 8.79. The molecule has 7 heteroatoms. The summed E-state index contributed by atoms with van der Waals surface area (Å²) in [6.07, 6.45) is 11.5. The van der Waals surface area contributed by atoms with Gasteiger partial charge in [-0.25, -0.2) is 9.97 Å². The Hall–Kier alpha value is -3.14. The third-order valence-corrected chi connectivity index (χ3v) is 4.36. The van der Waals surface area contributed by atoms with E-state index in [1.54, 1.807) is 12.4 Å². The highest BCUT2D eigenvalue weighted by molar-refractivity contribution is 5.81. The second kappa shape index (κ2) is 8.30. The van der Waals surface area contributed by atoms with Gasteiger partial charge in [0, 0.05) is 38.5 Å². The Bertz CT molecular complexity index is 818. The molecule has 3 rings (SSSR count). The van der Waals surface area contributed by atoms with Crippen LogP contribution >= 0.6 is 0 Å². The molecule has 0 radical (unpaired) electrons. The van der Waals surface area contributed by atoms with Crippen LogP contribution in [0.15, 0.2) is 36.3 Å². The zero-order valence-electron chi connectivity index (χ0n) is 14.8. The van der Waals surface area contributed by atoms with Crippen LogP contribution in [0.3, 0.4) is 0 Å². The molecule has 2 N–H and O–H groups in total. The number of allylic oxidation sites excluding steroid dienone is 4. The summed E-state index contributed by atoms with van der Waals surface area (Å²) in [4.78, 5) is 22.3. The van der Waals surface area contributed by atoms with E-state index < -0.39 is 0 Å². The number of aromatic nitrogens is 2. The van der Waals surface area contributed by atoms with Crippen LogP contribution in [0.25, 0.3) is 5.57 Å². The predicted octanol–water partition coefficient (Wildman–Crippen LogP) is 2.12. The number of likely N-dealkylation sites (tertiary alicyclic amines) is 1. The van der Waals surface area contributed by atoms with Gasteiger partial charge in [-0.15, -0.1) is 0 Å². The molecule has 1 aromatic heterocycles. The van der Waals surface area contributed by atoms with Crippen molar-refractivity contribution in [1.82, 2.24) is 20.2 Å². The minimum absolute atomic E-state index is 0.242. The third-order valence-electron chi connectivity index (χ3n) is 4.36. The Labute approximate surface area is 153 Å². The average molecular weight is 350 g/mol. The highest BCUT2D eigenvalue weighted by atomic mass is 16.2. The van der Waals surface area contributed by atoms with Crippen molar-refractivity contribution in [2.24, 2.45) is 0 Å². The molecule has 0 aromatic carbocycles. The molecule has 2 aliphatic rings. The zero-order valence-corrected chi connectivity index (χ0v) is 14.8. The number of nitriles is 1. The molecular formula is C19H22N6O. The molecule has 1 saturated heterocycles. The van der Waals surface area contributed by atoms with Gasteiger partial charge in [0.2, 0.25) is 11.9 Å². The molecule has 7 nitrogen and oxygen atoms in total. The van der Waals surface area contributed by atoms with E-state index in [0.29, 0.717) is 30.2 Å². The molecule has 0 saturated carbocycles. The summed E-state index contributed by atoms with van der Waals surface area (Å²) >= 11 is 0. The number of carbonyl (C=O) groups excluding carboxylic acids is 1. The molecule has 0 atom stereocenters. The van der Waals surface area contributed by atoms with Crippen LogP contribution in [0.1, 0.15) is 30.5 Å². The summed E-state index contributed by atoms with van der Waals surface area (Å²) in [5, 5.41) is 15.8. The average Bonchev–Trinajstić information content (AvgIpc) is 3.07. The Morgan fingerprint density at radius 1 is 1.46 bits per heavy atom. The second-order valence-corrected chi connectivity index (χ2v) is 6.25. The number of hydrogen-bond donors (Lipinski definition) is 2. The zero-order chi connectivity index (χ0) is 18.4. The molecule has 26 heavy (non-hydrogen) atoms. The van der Waals surface area contributed by atoms with Gasteiger partial charge in [-0.3, -0.25) is 4.79 Å². The maximum absolute atomic E-state index is 11.6. The van der Waals surface area contributed by atoms with E-state index in [2.05, 4.69) is 26.7 Å². The van der Waals surface area contributed by atoms with E-state index in [4.69, 9.17) is 0 Å². The van der Waals surface area contributed by atoms with Crippen molar-refractivity contribution >= 4 is 17.4 Å². The molecule has 0 aliphatic carbocycles. The minimum Gasteiger partial charge on any atom is -0.361 e. The normalized spacial score (nSPS) is 17.8. The summed E-state index contributed by atoms with van der Waals surface area (Å²) in [6, 6.07) is 2.24. The van der Waals surface area contributed by atoms with E-state index >= 15 is 0 Å². The van der Waals surface area contributed by atoms with Gasteiger partial charge >= 0.3 is 0 Å². The van der Waals surface area contributed by atoms with Crippen molar-refractivity contribution < 1.29 is 4.79 Å². The molecule has 1 fully saturated rings. The lowest BCUT2D eigenvalue weighted by molar-refractivity contribution is -0.127. The van der Waals surface area contributed by atoms with Crippen molar-refractivity contribution in [2.45, 2.75) is 26.2 Å². The number of carbonyl (C=O) groups is 1. The van der Waals surface area contributed by atoms with Crippen LogP contribution in [-0.2, 0) is 4.79 Å². The molecule has 0 unspecified atom stereocenters. The third kappa shape index (κ3) is 4.09. The summed E-state index contributed by atoms with van der Waals surface area (Å²) in [5.74, 6) is 0.730. The first-order chi connectivity index (χ1) is 12.7. The Morgan fingerprint density at radius 3 is 3.04 bits per heavy atom. The van der Waals surface area contributed by atoms with Gasteiger partial charge < -0.3 is 15.5 Å². The summed E-state index contributed by atoms with van der Waals surface area (Å²) in [5.41, 5.74) is 2.65. The number of amides is 1. The van der Waals surface area contributed by atoms with Crippen molar-refractivity contribution in [2.75, 3.05) is 25.0 Å². The molecule has 134 valence electrons. The number of nitrogens with one attached hydrogen (secondary N) is 2. The van der Waals surface area contributed by atoms with E-state index in [1.807, 2.05) is 30.1 Å². The van der Waals surface area contributed by atoms with E-state index in [9.17, 15) is 10.1 Å². The van der Waals surface area contributed by atoms with E-state index in [-0.39, 0.29) is 5.91 Å². The number of anilines is 1. The summed E-state index contributed by atoms with van der Waals surface area (Å²) in [6.45, 7) is 4.17. The van der Waals surface area contributed by atoms with E-state index in [1.165, 1.54) is 0 Å². The fourth-order valence-corrected chi connectivity index (χ4v) is 2.98. The topological polar surface area (TPSA) is 93.9 Å². The van der Waals surface area contributed by atoms with Gasteiger partial charge in [0.1, 0.15) is 11.6 Å². The van der Waals surface area contributed by atoms with Gasteiger partial charge in [-0.1, -0.05) is 6.08 Å². The SMILES string of the molecule is Cc1cnc(NCCCN2CCCC2=O)nc1C(C#N)=C1C=CC=CN1. The molecule has 0 bridgehead atoms. The van der Waals surface area contributed by atoms with Crippen LogP contribution in [0, 0.1) is 18.3 Å². The smallest absolute Gasteiger partial charge is 0.223 e. The first kappa shape index (κ1) is 17.7. The highest BCUT2D eigenvalue weighted by Gasteiger charge is 2.19. The van der Waals surface area contributed by atoms with Gasteiger partial charge in [0.15, 0.2) is 0 Å². The maximum Gasteiger partial charge on any atom is 0.223 e. The Kier molecular flexibility index (Phi) is 5.64. The number of rotatable bonds is 6. The van der Waals surface area contributed by atoms with Gasteiger partial charge in [0.25, 0.3) is 0 Å². The fourth-order valence-electron chi connectivity index (χ4n) is 2.98. The standard InChI is InChI=1S/C19H22N6O/c1-14-13-23-19(22-9-5-11-25-10-4-7-17(25)26)24-18(14)15(12-20)16-6-2-3-8-21-16/h2-3,6,8,13,21H,4-5,7,9-11H2,1H3,(H,22,23,24). The largest absolute Gasteiger partial charge is 0.361 e. The lowest BCUT2D eigenvalue weighted by atomic mass is 10.1. The van der Waals surface area contributed by atoms with Crippen LogP contribution in [0.4, 0.5) is 5.95 Å². The van der Waals surface area contributed by atoms with Crippen molar-refractivity contribution in [1.29, 1.82) is 5.26 Å². The Morgan fingerprint density at radius 2 is 2.35 bits per heavy atom. The number of aryl methyl sites for hydroxylation is 1. The lowest BCUT2D eigenvalue weighted by Gasteiger charge is -2.15. The maximum atomic E-state index is 11.6. The Balaban J connectivity index is 1.66. The lowest BCUT2D eigenvalue weighted by Crippen LogP contribution is -2.27. The summed E-state index contributed by atoms with van der Waals surface area (Å²) < 4.78 is 0. The second-order valence-electron chi connectivity index (χ2n) is 6.25. The molecule has 3 heterocycles. The number of hydrogen-bond acceptors (Lipinski definition) is 6. The van der Waals surface area contributed by atoms with Gasteiger partial charge in [-0.05, 0) is 37.5 Å². The quantitative estimate of drug-likeness (QED) is 0.603. The van der Waals surface area contributed by atoms with Crippen LogP contribution in [0.2, 0.25) is 0 Å². The molecular weight excluding hydrogens is 328 g/mol. The fraction of sp³-hybridized carbons (Fsp3) is 0.368. The minimum atomic E-state index is 0.242. The van der Waals surface area contributed by atoms with Crippen molar-refractivity contribution in [3.63, 3.8) is 0 Å². The predicted molar refractivity (Wildman–Crippen MR) is 99.6 cm³/mol. The van der Waals surface area contributed by atoms with Crippen LogP contribution in [-0.4, -0.2) is 40.4 Å². The monoisotopic (exact) mass is 350 g/mol. The van der Waals surface area contributed by atoms with Gasteiger partial charge in [0.05, 0.1) is 11.4 Å². The first-order valence-corrected chi connectivity index (χ1v) is 8.79. The van der Waals surface area contributed by atoms with Crippen molar-refractivity contribution in [3.05, 3.63) is 47.6 Å². The van der Waals surface area contributed by atoms with Crippen LogP contribution in [0.5, 0.6) is 0 Å². The number of nitrogens with zero attached hydrogens (tertiary/aromatic N) is 4. The van der Waals surface area contributed by atoms with Crippen LogP contribution < -0.4 is 10.6 Å². The highest BCUT2D eigenvalue weighted by Crippen LogP contribution is 2.21. The molecule has 2 aliphatic heterocycles.